The van der Waals surface area contributed by atoms with E-state index < -0.39 is 0 Å². The van der Waals surface area contributed by atoms with Gasteiger partial charge in [0.2, 0.25) is 5.88 Å². The zero-order valence-electron chi connectivity index (χ0n) is 13.2. The average molecular weight is 291 g/mol. The number of nitrogens with zero attached hydrogens (tertiary/aromatic N) is 1. The second-order valence-electron chi connectivity index (χ2n) is 5.78. The summed E-state index contributed by atoms with van der Waals surface area (Å²) in [5, 5.41) is 0. The predicted molar refractivity (Wildman–Crippen MR) is 81.3 cm³/mol. The van der Waals surface area contributed by atoms with Gasteiger partial charge in [-0.1, -0.05) is 6.92 Å². The molecule has 0 aromatic carbocycles. The molecule has 0 bridgehead atoms. The van der Waals surface area contributed by atoms with E-state index in [0.29, 0.717) is 24.3 Å². The fourth-order valence-electron chi connectivity index (χ4n) is 3.21. The Bertz CT molecular complexity index is 467. The molecule has 1 aliphatic carbocycles. The first-order chi connectivity index (χ1) is 10.2. The van der Waals surface area contributed by atoms with E-state index in [1.54, 1.807) is 7.11 Å². The molecule has 1 aromatic heterocycles. The fourth-order valence-corrected chi connectivity index (χ4v) is 3.21. The van der Waals surface area contributed by atoms with Crippen molar-refractivity contribution in [3.05, 3.63) is 23.9 Å². The average Bonchev–Trinajstić information content (AvgIpc) is 2.54. The van der Waals surface area contributed by atoms with Crippen molar-refractivity contribution in [2.45, 2.75) is 45.4 Å². The van der Waals surface area contributed by atoms with Gasteiger partial charge >= 0.3 is 5.97 Å². The van der Waals surface area contributed by atoms with Gasteiger partial charge in [0.1, 0.15) is 0 Å². The summed E-state index contributed by atoms with van der Waals surface area (Å²) in [5.41, 5.74) is 1.30. The third-order valence-corrected chi connectivity index (χ3v) is 4.58. The molecule has 116 valence electrons. The minimum absolute atomic E-state index is 0.0119. The van der Waals surface area contributed by atoms with Crippen molar-refractivity contribution < 1.29 is 14.3 Å². The SMILES string of the molecule is CCOC(=O)C(C)C1CCC(c2ccnc(OC)c2)CC1. The Kier molecular flexibility index (Phi) is 5.59. The smallest absolute Gasteiger partial charge is 0.308 e. The van der Waals surface area contributed by atoms with Crippen LogP contribution in [-0.2, 0) is 9.53 Å². The monoisotopic (exact) mass is 291 g/mol. The lowest BCUT2D eigenvalue weighted by molar-refractivity contribution is -0.149. The first-order valence-corrected chi connectivity index (χ1v) is 7.82. The van der Waals surface area contributed by atoms with Crippen LogP contribution in [0.4, 0.5) is 0 Å². The standard InChI is InChI=1S/C17H25NO3/c1-4-21-17(19)12(2)13-5-7-14(8-6-13)15-9-10-18-16(11-15)20-3/h9-14H,4-8H2,1-3H3. The number of carbonyl (C=O) groups excluding carboxylic acids is 1. The molecular formula is C17H25NO3. The van der Waals surface area contributed by atoms with Crippen LogP contribution in [0.15, 0.2) is 18.3 Å². The Morgan fingerprint density at radius 1 is 1.38 bits per heavy atom. The first-order valence-electron chi connectivity index (χ1n) is 7.82. The molecule has 0 N–H and O–H groups in total. The Morgan fingerprint density at radius 3 is 2.71 bits per heavy atom. The van der Waals surface area contributed by atoms with Crippen LogP contribution in [0.3, 0.4) is 0 Å². The Balaban J connectivity index is 1.92. The Hall–Kier alpha value is -1.58. The lowest BCUT2D eigenvalue weighted by Crippen LogP contribution is -2.26. The van der Waals surface area contributed by atoms with E-state index in [9.17, 15) is 4.79 Å². The zero-order valence-corrected chi connectivity index (χ0v) is 13.2. The van der Waals surface area contributed by atoms with Crippen molar-refractivity contribution in [2.75, 3.05) is 13.7 Å². The maximum Gasteiger partial charge on any atom is 0.308 e. The van der Waals surface area contributed by atoms with Gasteiger partial charge in [-0.3, -0.25) is 4.79 Å². The van der Waals surface area contributed by atoms with Gasteiger partial charge in [-0.2, -0.15) is 0 Å². The summed E-state index contributed by atoms with van der Waals surface area (Å²) in [7, 11) is 1.64. The Labute approximate surface area is 126 Å². The van der Waals surface area contributed by atoms with Crippen molar-refractivity contribution >= 4 is 5.97 Å². The van der Waals surface area contributed by atoms with Gasteiger partial charge in [0, 0.05) is 12.3 Å². The summed E-state index contributed by atoms with van der Waals surface area (Å²) in [4.78, 5) is 16.0. The molecule has 1 aliphatic rings. The zero-order chi connectivity index (χ0) is 15.2. The lowest BCUT2D eigenvalue weighted by atomic mass is 9.74. The highest BCUT2D eigenvalue weighted by molar-refractivity contribution is 5.72. The van der Waals surface area contributed by atoms with Gasteiger partial charge in [0.05, 0.1) is 19.6 Å². The highest BCUT2D eigenvalue weighted by atomic mass is 16.5. The minimum atomic E-state index is -0.0495. The van der Waals surface area contributed by atoms with Gasteiger partial charge in [-0.25, -0.2) is 4.98 Å². The molecule has 2 rings (SSSR count). The molecule has 0 radical (unpaired) electrons. The largest absolute Gasteiger partial charge is 0.481 e. The van der Waals surface area contributed by atoms with E-state index in [4.69, 9.17) is 9.47 Å². The normalized spacial score (nSPS) is 23.4. The maximum absolute atomic E-state index is 11.8. The van der Waals surface area contributed by atoms with Crippen LogP contribution in [0.25, 0.3) is 0 Å². The summed E-state index contributed by atoms with van der Waals surface area (Å²) in [5.74, 6) is 1.63. The number of aromatic nitrogens is 1. The molecule has 1 unspecified atom stereocenters. The number of hydrogen-bond donors (Lipinski definition) is 0. The highest BCUT2D eigenvalue weighted by Gasteiger charge is 2.30. The summed E-state index contributed by atoms with van der Waals surface area (Å²) < 4.78 is 10.3. The van der Waals surface area contributed by atoms with Gasteiger partial charge in [0.25, 0.3) is 0 Å². The second-order valence-corrected chi connectivity index (χ2v) is 5.78. The number of rotatable bonds is 5. The molecule has 0 saturated heterocycles. The van der Waals surface area contributed by atoms with Crippen molar-refractivity contribution in [1.29, 1.82) is 0 Å². The number of ether oxygens (including phenoxy) is 2. The molecule has 1 atom stereocenters. The minimum Gasteiger partial charge on any atom is -0.481 e. The molecule has 21 heavy (non-hydrogen) atoms. The van der Waals surface area contributed by atoms with Crippen LogP contribution >= 0.6 is 0 Å². The van der Waals surface area contributed by atoms with Gasteiger partial charge in [-0.15, -0.1) is 0 Å². The molecule has 4 heteroatoms. The van der Waals surface area contributed by atoms with Gasteiger partial charge in [-0.05, 0) is 56.1 Å². The molecular weight excluding hydrogens is 266 g/mol. The predicted octanol–water partition coefficient (Wildman–Crippen LogP) is 3.56. The second kappa shape index (κ2) is 7.43. The van der Waals surface area contributed by atoms with E-state index in [-0.39, 0.29) is 11.9 Å². The number of hydrogen-bond acceptors (Lipinski definition) is 4. The molecule has 0 aliphatic heterocycles. The molecule has 1 saturated carbocycles. The van der Waals surface area contributed by atoms with Crippen molar-refractivity contribution in [1.82, 2.24) is 4.98 Å². The summed E-state index contributed by atoms with van der Waals surface area (Å²) in [6, 6.07) is 4.10. The van der Waals surface area contributed by atoms with Crippen LogP contribution in [0.5, 0.6) is 5.88 Å². The van der Waals surface area contributed by atoms with Gasteiger partial charge in [0.15, 0.2) is 0 Å². The summed E-state index contributed by atoms with van der Waals surface area (Å²) in [6.07, 6.45) is 6.19. The number of pyridine rings is 1. The highest BCUT2D eigenvalue weighted by Crippen LogP contribution is 2.39. The Morgan fingerprint density at radius 2 is 2.10 bits per heavy atom. The number of carbonyl (C=O) groups is 1. The number of esters is 1. The summed E-state index contributed by atoms with van der Waals surface area (Å²) >= 11 is 0. The topological polar surface area (TPSA) is 48.4 Å². The molecule has 1 heterocycles. The van der Waals surface area contributed by atoms with Crippen LogP contribution in [0.1, 0.15) is 51.0 Å². The number of methoxy groups -OCH3 is 1. The van der Waals surface area contributed by atoms with Crippen LogP contribution in [0, 0.1) is 11.8 Å². The van der Waals surface area contributed by atoms with E-state index in [2.05, 4.69) is 11.1 Å². The third-order valence-electron chi connectivity index (χ3n) is 4.58. The van der Waals surface area contributed by atoms with Crippen molar-refractivity contribution in [3.63, 3.8) is 0 Å². The fraction of sp³-hybridized carbons (Fsp3) is 0.647. The quantitative estimate of drug-likeness (QED) is 0.778. The van der Waals surface area contributed by atoms with Crippen LogP contribution < -0.4 is 4.74 Å². The van der Waals surface area contributed by atoms with E-state index in [1.165, 1.54) is 5.56 Å². The van der Waals surface area contributed by atoms with Crippen molar-refractivity contribution in [3.8, 4) is 5.88 Å². The van der Waals surface area contributed by atoms with Gasteiger partial charge < -0.3 is 9.47 Å². The summed E-state index contributed by atoms with van der Waals surface area (Å²) in [6.45, 7) is 4.33. The molecule has 1 fully saturated rings. The van der Waals surface area contributed by atoms with E-state index in [1.807, 2.05) is 26.1 Å². The molecule has 4 nitrogen and oxygen atoms in total. The maximum atomic E-state index is 11.8. The first kappa shape index (κ1) is 15.8. The molecule has 1 aromatic rings. The van der Waals surface area contributed by atoms with Crippen LogP contribution in [0.2, 0.25) is 0 Å². The van der Waals surface area contributed by atoms with E-state index >= 15 is 0 Å². The molecule has 0 spiro atoms. The third kappa shape index (κ3) is 3.96. The van der Waals surface area contributed by atoms with Crippen LogP contribution in [-0.4, -0.2) is 24.7 Å². The molecule has 0 amide bonds. The lowest BCUT2D eigenvalue weighted by Gasteiger charge is -2.31. The van der Waals surface area contributed by atoms with E-state index in [0.717, 1.165) is 25.7 Å². The van der Waals surface area contributed by atoms with Crippen molar-refractivity contribution in [2.24, 2.45) is 11.8 Å².